The molecule has 1 unspecified atom stereocenters. The summed E-state index contributed by atoms with van der Waals surface area (Å²) >= 11 is 0. The predicted octanol–water partition coefficient (Wildman–Crippen LogP) is 1.59. The molecule has 0 aromatic heterocycles. The molecule has 1 atom stereocenters. The maximum absolute atomic E-state index is 12.3. The molecular formula is C15H25N3O2. The average Bonchev–Trinajstić information content (AvgIpc) is 2.36. The zero-order chi connectivity index (χ0) is 15.3. The second kappa shape index (κ2) is 7.14. The van der Waals surface area contributed by atoms with E-state index in [4.69, 9.17) is 10.5 Å². The normalized spacial score (nSPS) is 12.6. The first-order valence-corrected chi connectivity index (χ1v) is 6.74. The molecule has 1 amide bonds. The van der Waals surface area contributed by atoms with E-state index in [0.717, 1.165) is 6.54 Å². The van der Waals surface area contributed by atoms with Crippen molar-refractivity contribution in [2.45, 2.75) is 19.9 Å². The highest BCUT2D eigenvalue weighted by atomic mass is 16.5. The summed E-state index contributed by atoms with van der Waals surface area (Å²) in [4.78, 5) is 14.4. The smallest absolute Gasteiger partial charge is 0.253 e. The van der Waals surface area contributed by atoms with E-state index in [9.17, 15) is 4.79 Å². The number of methoxy groups -OCH3 is 1. The summed E-state index contributed by atoms with van der Waals surface area (Å²) in [7, 11) is 5.55. The number of rotatable bonds is 6. The van der Waals surface area contributed by atoms with Gasteiger partial charge in [0.05, 0.1) is 12.7 Å². The Balaban J connectivity index is 2.83. The number of hydrogen-bond donors (Lipinski definition) is 2. The van der Waals surface area contributed by atoms with E-state index in [1.54, 1.807) is 25.3 Å². The van der Waals surface area contributed by atoms with Crippen LogP contribution < -0.4 is 15.8 Å². The minimum Gasteiger partial charge on any atom is -0.497 e. The third-order valence-corrected chi connectivity index (χ3v) is 3.19. The second-order valence-electron chi connectivity index (χ2n) is 5.54. The van der Waals surface area contributed by atoms with Gasteiger partial charge in [-0.2, -0.15) is 0 Å². The van der Waals surface area contributed by atoms with Crippen molar-refractivity contribution >= 4 is 11.6 Å². The zero-order valence-corrected chi connectivity index (χ0v) is 12.9. The standard InChI is InChI=1S/C15H25N3O2/c1-10(2)14(9-18(3)4)17-15(19)12-7-6-11(20-5)8-13(12)16/h6-8,10,14H,9,16H2,1-5H3,(H,17,19). The Morgan fingerprint density at radius 2 is 2.05 bits per heavy atom. The lowest BCUT2D eigenvalue weighted by Crippen LogP contribution is -2.45. The minimum atomic E-state index is -0.147. The number of carbonyl (C=O) groups is 1. The van der Waals surface area contributed by atoms with Crippen LogP contribution in [-0.2, 0) is 0 Å². The monoisotopic (exact) mass is 279 g/mol. The molecule has 0 saturated heterocycles. The lowest BCUT2D eigenvalue weighted by atomic mass is 10.0. The van der Waals surface area contributed by atoms with Gasteiger partial charge in [0.1, 0.15) is 5.75 Å². The number of anilines is 1. The fraction of sp³-hybridized carbons (Fsp3) is 0.533. The van der Waals surface area contributed by atoms with Gasteiger partial charge in [0.15, 0.2) is 0 Å². The van der Waals surface area contributed by atoms with E-state index in [1.165, 1.54) is 0 Å². The van der Waals surface area contributed by atoms with Gasteiger partial charge in [-0.15, -0.1) is 0 Å². The third kappa shape index (κ3) is 4.42. The summed E-state index contributed by atoms with van der Waals surface area (Å²) in [5.74, 6) is 0.847. The van der Waals surface area contributed by atoms with Crippen molar-refractivity contribution in [2.24, 2.45) is 5.92 Å². The highest BCUT2D eigenvalue weighted by Gasteiger charge is 2.19. The topological polar surface area (TPSA) is 67.6 Å². The van der Waals surface area contributed by atoms with E-state index < -0.39 is 0 Å². The summed E-state index contributed by atoms with van der Waals surface area (Å²) in [6.45, 7) is 4.97. The number of likely N-dealkylation sites (N-methyl/N-ethyl adjacent to an activating group) is 1. The van der Waals surface area contributed by atoms with Crippen LogP contribution in [-0.4, -0.2) is 44.6 Å². The van der Waals surface area contributed by atoms with Crippen molar-refractivity contribution in [3.63, 3.8) is 0 Å². The number of nitrogens with two attached hydrogens (primary N) is 1. The van der Waals surface area contributed by atoms with Gasteiger partial charge in [0, 0.05) is 24.3 Å². The molecule has 1 aromatic rings. The van der Waals surface area contributed by atoms with Crippen LogP contribution in [0.15, 0.2) is 18.2 Å². The molecule has 0 heterocycles. The largest absolute Gasteiger partial charge is 0.497 e. The Bertz CT molecular complexity index is 458. The number of nitrogens with zero attached hydrogens (tertiary/aromatic N) is 1. The van der Waals surface area contributed by atoms with Crippen molar-refractivity contribution in [2.75, 3.05) is 33.5 Å². The van der Waals surface area contributed by atoms with Crippen molar-refractivity contribution < 1.29 is 9.53 Å². The van der Waals surface area contributed by atoms with Gasteiger partial charge in [-0.25, -0.2) is 0 Å². The maximum atomic E-state index is 12.3. The van der Waals surface area contributed by atoms with Crippen LogP contribution in [0.25, 0.3) is 0 Å². The Kier molecular flexibility index (Phi) is 5.82. The highest BCUT2D eigenvalue weighted by molar-refractivity contribution is 5.99. The van der Waals surface area contributed by atoms with E-state index in [-0.39, 0.29) is 11.9 Å². The molecule has 20 heavy (non-hydrogen) atoms. The van der Waals surface area contributed by atoms with Crippen LogP contribution in [0, 0.1) is 5.92 Å². The highest BCUT2D eigenvalue weighted by Crippen LogP contribution is 2.20. The Morgan fingerprint density at radius 3 is 2.50 bits per heavy atom. The van der Waals surface area contributed by atoms with Gasteiger partial charge >= 0.3 is 0 Å². The molecule has 5 nitrogen and oxygen atoms in total. The number of nitrogen functional groups attached to an aromatic ring is 1. The Morgan fingerprint density at radius 1 is 1.40 bits per heavy atom. The minimum absolute atomic E-state index is 0.0824. The quantitative estimate of drug-likeness (QED) is 0.776. The molecule has 0 fully saturated rings. The Hall–Kier alpha value is -1.75. The van der Waals surface area contributed by atoms with Crippen molar-refractivity contribution in [1.29, 1.82) is 0 Å². The van der Waals surface area contributed by atoms with Gasteiger partial charge in [0.2, 0.25) is 0 Å². The van der Waals surface area contributed by atoms with Crippen molar-refractivity contribution in [3.05, 3.63) is 23.8 Å². The van der Waals surface area contributed by atoms with Gasteiger partial charge in [-0.1, -0.05) is 13.8 Å². The predicted molar refractivity (Wildman–Crippen MR) is 82.1 cm³/mol. The van der Waals surface area contributed by atoms with E-state index in [0.29, 0.717) is 22.9 Å². The van der Waals surface area contributed by atoms with Crippen LogP contribution in [0.1, 0.15) is 24.2 Å². The number of ether oxygens (including phenoxy) is 1. The summed E-state index contributed by atoms with van der Waals surface area (Å²) < 4.78 is 5.08. The van der Waals surface area contributed by atoms with Crippen molar-refractivity contribution in [3.8, 4) is 5.75 Å². The lowest BCUT2D eigenvalue weighted by molar-refractivity contribution is 0.0917. The molecule has 5 heteroatoms. The van der Waals surface area contributed by atoms with E-state index in [1.807, 2.05) is 14.1 Å². The van der Waals surface area contributed by atoms with Gasteiger partial charge < -0.3 is 20.7 Å². The van der Waals surface area contributed by atoms with E-state index >= 15 is 0 Å². The van der Waals surface area contributed by atoms with Gasteiger partial charge in [-0.05, 0) is 32.1 Å². The molecule has 1 aromatic carbocycles. The third-order valence-electron chi connectivity index (χ3n) is 3.19. The molecule has 0 saturated carbocycles. The fourth-order valence-electron chi connectivity index (χ4n) is 1.94. The summed E-state index contributed by atoms with van der Waals surface area (Å²) in [5.41, 5.74) is 6.81. The first-order chi connectivity index (χ1) is 9.35. The molecule has 0 aliphatic rings. The van der Waals surface area contributed by atoms with E-state index in [2.05, 4.69) is 24.1 Å². The fourth-order valence-corrected chi connectivity index (χ4v) is 1.94. The molecule has 0 aliphatic carbocycles. The van der Waals surface area contributed by atoms with Crippen LogP contribution in [0.3, 0.4) is 0 Å². The van der Waals surface area contributed by atoms with Crippen LogP contribution >= 0.6 is 0 Å². The van der Waals surface area contributed by atoms with Gasteiger partial charge in [-0.3, -0.25) is 4.79 Å². The Labute approximate surface area is 121 Å². The van der Waals surface area contributed by atoms with Crippen LogP contribution in [0.2, 0.25) is 0 Å². The number of amides is 1. The molecule has 0 radical (unpaired) electrons. The summed E-state index contributed by atoms with van der Waals surface area (Å²) in [6.07, 6.45) is 0. The first kappa shape index (κ1) is 16.3. The SMILES string of the molecule is COc1ccc(C(=O)NC(CN(C)C)C(C)C)c(N)c1. The lowest BCUT2D eigenvalue weighted by Gasteiger charge is -2.25. The molecule has 0 bridgehead atoms. The van der Waals surface area contributed by atoms with Crippen LogP contribution in [0.5, 0.6) is 5.75 Å². The molecule has 112 valence electrons. The van der Waals surface area contributed by atoms with Crippen molar-refractivity contribution in [1.82, 2.24) is 10.2 Å². The molecular weight excluding hydrogens is 254 g/mol. The molecule has 3 N–H and O–H groups in total. The number of carbonyl (C=O) groups excluding carboxylic acids is 1. The maximum Gasteiger partial charge on any atom is 0.253 e. The number of nitrogens with one attached hydrogen (secondary N) is 1. The molecule has 0 aliphatic heterocycles. The van der Waals surface area contributed by atoms with Gasteiger partial charge in [0.25, 0.3) is 5.91 Å². The number of benzene rings is 1. The summed E-state index contributed by atoms with van der Waals surface area (Å²) in [6, 6.07) is 5.17. The zero-order valence-electron chi connectivity index (χ0n) is 12.9. The first-order valence-electron chi connectivity index (χ1n) is 6.74. The average molecular weight is 279 g/mol. The molecule has 0 spiro atoms. The number of hydrogen-bond acceptors (Lipinski definition) is 4. The second-order valence-corrected chi connectivity index (χ2v) is 5.54. The molecule has 1 rings (SSSR count). The summed E-state index contributed by atoms with van der Waals surface area (Å²) in [5, 5.41) is 3.04. The van der Waals surface area contributed by atoms with Crippen LogP contribution in [0.4, 0.5) is 5.69 Å².